The maximum absolute atomic E-state index is 14.8. The normalized spacial score (nSPS) is 18.7. The van der Waals surface area contributed by atoms with Crippen molar-refractivity contribution in [2.45, 2.75) is 37.7 Å². The van der Waals surface area contributed by atoms with Gasteiger partial charge < -0.3 is 20.4 Å². The Hall–Kier alpha value is -3.32. The van der Waals surface area contributed by atoms with E-state index in [0.29, 0.717) is 18.3 Å². The minimum atomic E-state index is -6.00. The van der Waals surface area contributed by atoms with Crippen molar-refractivity contribution in [3.05, 3.63) is 24.3 Å². The lowest BCUT2D eigenvalue weighted by molar-refractivity contribution is -0.278. The molecule has 0 aromatic heterocycles. The number of amides is 4. The summed E-state index contributed by atoms with van der Waals surface area (Å²) in [5.41, 5.74) is -3.00. The van der Waals surface area contributed by atoms with E-state index in [1.807, 2.05) is 5.32 Å². The Balaban J connectivity index is 2.21. The van der Waals surface area contributed by atoms with Gasteiger partial charge in [-0.2, -0.15) is 22.0 Å². The van der Waals surface area contributed by atoms with Crippen LogP contribution in [-0.2, 0) is 19.2 Å². The van der Waals surface area contributed by atoms with E-state index in [4.69, 9.17) is 0 Å². The summed E-state index contributed by atoms with van der Waals surface area (Å²) in [4.78, 5) is 51.4. The van der Waals surface area contributed by atoms with Crippen molar-refractivity contribution in [1.82, 2.24) is 10.6 Å². The Labute approximate surface area is 183 Å². The number of anilines is 2. The number of halogens is 6. The molecule has 2 rings (SSSR count). The first kappa shape index (κ1) is 25.9. The van der Waals surface area contributed by atoms with Gasteiger partial charge in [0.1, 0.15) is 6.04 Å². The molecule has 0 saturated heterocycles. The predicted octanol–water partition coefficient (Wildman–Crippen LogP) is 1.54. The zero-order chi connectivity index (χ0) is 25.4. The molecule has 33 heavy (non-hydrogen) atoms. The molecule has 0 saturated carbocycles. The summed E-state index contributed by atoms with van der Waals surface area (Å²) in [5, 5.41) is 2.99. The first-order valence-electron chi connectivity index (χ1n) is 9.38. The SMILES string of the molecule is CC(=O)N1C[C@H](NC(=O)C(C)(F)C(=O)NCC(F)(F)C(F)(F)F)C(=O)N(C)c2ccccc21. The van der Waals surface area contributed by atoms with Crippen LogP contribution in [0.5, 0.6) is 0 Å². The van der Waals surface area contributed by atoms with Gasteiger partial charge >= 0.3 is 12.1 Å². The number of likely N-dealkylation sites (N-methyl/N-ethyl adjacent to an activating group) is 1. The number of carbonyl (C=O) groups is 4. The fourth-order valence-electron chi connectivity index (χ4n) is 2.95. The molecule has 2 N–H and O–H groups in total. The van der Waals surface area contributed by atoms with Crippen molar-refractivity contribution in [3.8, 4) is 0 Å². The standard InChI is InChI=1S/C19H20F6N4O4/c1-10(30)29-8-11(14(31)28(3)12-6-4-5-7-13(12)29)27-16(33)17(2,20)15(32)26-9-18(21,22)19(23,24)25/h4-7,11H,8-9H2,1-3H3,(H,26,32)(H,27,33)/t11-,17?/m0/s1. The lowest BCUT2D eigenvalue weighted by atomic mass is 10.1. The van der Waals surface area contributed by atoms with Gasteiger partial charge in [-0.15, -0.1) is 0 Å². The van der Waals surface area contributed by atoms with E-state index in [2.05, 4.69) is 0 Å². The van der Waals surface area contributed by atoms with Crippen molar-refractivity contribution in [1.29, 1.82) is 0 Å². The molecule has 0 aliphatic carbocycles. The van der Waals surface area contributed by atoms with Crippen LogP contribution in [0.25, 0.3) is 0 Å². The maximum Gasteiger partial charge on any atom is 0.455 e. The Morgan fingerprint density at radius 2 is 1.58 bits per heavy atom. The van der Waals surface area contributed by atoms with Gasteiger partial charge in [-0.05, 0) is 19.1 Å². The smallest absolute Gasteiger partial charge is 0.346 e. The van der Waals surface area contributed by atoms with E-state index in [9.17, 15) is 45.5 Å². The monoisotopic (exact) mass is 482 g/mol. The van der Waals surface area contributed by atoms with Crippen molar-refractivity contribution >= 4 is 35.0 Å². The molecule has 4 amide bonds. The Kier molecular flexibility index (Phi) is 7.00. The first-order chi connectivity index (χ1) is 15.0. The highest BCUT2D eigenvalue weighted by Crippen LogP contribution is 2.35. The third kappa shape index (κ3) is 5.20. The second-order valence-corrected chi connectivity index (χ2v) is 7.43. The summed E-state index contributed by atoms with van der Waals surface area (Å²) in [7, 11) is 1.32. The summed E-state index contributed by atoms with van der Waals surface area (Å²) >= 11 is 0. The number of hydrogen-bond donors (Lipinski definition) is 2. The molecule has 14 heteroatoms. The lowest BCUT2D eigenvalue weighted by Gasteiger charge is -2.27. The van der Waals surface area contributed by atoms with E-state index in [1.165, 1.54) is 26.1 Å². The summed E-state index contributed by atoms with van der Waals surface area (Å²) in [6.45, 7) is -1.23. The van der Waals surface area contributed by atoms with Crippen LogP contribution in [0, 0.1) is 0 Å². The maximum atomic E-state index is 14.8. The van der Waals surface area contributed by atoms with Crippen LogP contribution in [0.4, 0.5) is 37.7 Å². The van der Waals surface area contributed by atoms with Crippen molar-refractivity contribution < 1.29 is 45.5 Å². The average Bonchev–Trinajstić information content (AvgIpc) is 2.81. The second-order valence-electron chi connectivity index (χ2n) is 7.43. The van der Waals surface area contributed by atoms with Gasteiger partial charge in [0.15, 0.2) is 0 Å². The van der Waals surface area contributed by atoms with Crippen LogP contribution >= 0.6 is 0 Å². The summed E-state index contributed by atoms with van der Waals surface area (Å²) in [5.74, 6) is -10.5. The molecule has 0 fully saturated rings. The largest absolute Gasteiger partial charge is 0.455 e. The summed E-state index contributed by atoms with van der Waals surface area (Å²) in [6, 6.07) is 4.66. The number of nitrogens with zero attached hydrogens (tertiary/aromatic N) is 2. The van der Waals surface area contributed by atoms with Crippen molar-refractivity contribution in [2.24, 2.45) is 0 Å². The third-order valence-corrected chi connectivity index (χ3v) is 4.95. The number of fused-ring (bicyclic) bond motifs is 1. The van der Waals surface area contributed by atoms with E-state index in [-0.39, 0.29) is 0 Å². The molecule has 1 heterocycles. The predicted molar refractivity (Wildman–Crippen MR) is 103 cm³/mol. The van der Waals surface area contributed by atoms with Gasteiger partial charge in [-0.3, -0.25) is 19.2 Å². The van der Waals surface area contributed by atoms with Crippen LogP contribution in [0.2, 0.25) is 0 Å². The molecular weight excluding hydrogens is 462 g/mol. The van der Waals surface area contributed by atoms with E-state index >= 15 is 0 Å². The highest BCUT2D eigenvalue weighted by atomic mass is 19.4. The van der Waals surface area contributed by atoms with Crippen LogP contribution < -0.4 is 20.4 Å². The molecule has 1 unspecified atom stereocenters. The zero-order valence-corrected chi connectivity index (χ0v) is 17.6. The lowest BCUT2D eigenvalue weighted by Crippen LogP contribution is -2.60. The molecule has 0 radical (unpaired) electrons. The van der Waals surface area contributed by atoms with Crippen molar-refractivity contribution in [3.63, 3.8) is 0 Å². The molecule has 1 aliphatic heterocycles. The number of alkyl halides is 6. The number of rotatable bonds is 5. The van der Waals surface area contributed by atoms with E-state index in [0.717, 1.165) is 15.1 Å². The highest BCUT2D eigenvalue weighted by molar-refractivity contribution is 6.11. The molecule has 8 nitrogen and oxygen atoms in total. The molecule has 182 valence electrons. The topological polar surface area (TPSA) is 98.8 Å². The number of benzene rings is 1. The first-order valence-corrected chi connectivity index (χ1v) is 9.38. The molecule has 0 bridgehead atoms. The van der Waals surface area contributed by atoms with Gasteiger partial charge in [0.25, 0.3) is 23.4 Å². The molecule has 1 aromatic rings. The van der Waals surface area contributed by atoms with Gasteiger partial charge in [-0.25, -0.2) is 4.39 Å². The van der Waals surface area contributed by atoms with Crippen molar-refractivity contribution in [2.75, 3.05) is 29.9 Å². The Morgan fingerprint density at radius 1 is 1.03 bits per heavy atom. The fraction of sp³-hybridized carbons (Fsp3) is 0.474. The van der Waals surface area contributed by atoms with Crippen LogP contribution in [0.3, 0.4) is 0 Å². The number of hydrogen-bond acceptors (Lipinski definition) is 4. The molecule has 1 aromatic carbocycles. The van der Waals surface area contributed by atoms with Gasteiger partial charge in [0.2, 0.25) is 5.91 Å². The Bertz CT molecular complexity index is 966. The van der Waals surface area contributed by atoms with Crippen LogP contribution in [-0.4, -0.2) is 67.6 Å². The van der Waals surface area contributed by atoms with E-state index in [1.54, 1.807) is 12.1 Å². The third-order valence-electron chi connectivity index (χ3n) is 4.95. The van der Waals surface area contributed by atoms with Crippen LogP contribution in [0.1, 0.15) is 13.8 Å². The van der Waals surface area contributed by atoms with E-state index < -0.39 is 60.5 Å². The number of para-hydroxylation sites is 2. The minimum absolute atomic E-state index is 0.296. The van der Waals surface area contributed by atoms with Gasteiger partial charge in [0, 0.05) is 14.0 Å². The van der Waals surface area contributed by atoms with Gasteiger partial charge in [-0.1, -0.05) is 12.1 Å². The molecule has 2 atom stereocenters. The van der Waals surface area contributed by atoms with Crippen LogP contribution in [0.15, 0.2) is 24.3 Å². The quantitative estimate of drug-likeness (QED) is 0.492. The second kappa shape index (κ2) is 8.90. The summed E-state index contributed by atoms with van der Waals surface area (Å²) in [6.07, 6.45) is -6.00. The fourth-order valence-corrected chi connectivity index (χ4v) is 2.95. The van der Waals surface area contributed by atoms with Gasteiger partial charge in [0.05, 0.1) is 24.5 Å². The highest BCUT2D eigenvalue weighted by Gasteiger charge is 2.58. The Morgan fingerprint density at radius 3 is 2.09 bits per heavy atom. The summed E-state index contributed by atoms with van der Waals surface area (Å²) < 4.78 is 77.5. The minimum Gasteiger partial charge on any atom is -0.346 e. The molecule has 0 spiro atoms. The zero-order valence-electron chi connectivity index (χ0n) is 17.6. The number of nitrogens with one attached hydrogen (secondary N) is 2. The molecule has 1 aliphatic rings. The number of carbonyl (C=O) groups excluding carboxylic acids is 4. The average molecular weight is 482 g/mol. The molecular formula is C19H20F6N4O4.